The van der Waals surface area contributed by atoms with Crippen LogP contribution in [0.3, 0.4) is 0 Å². The molecule has 2 N–H and O–H groups in total. The van der Waals surface area contributed by atoms with E-state index in [4.69, 9.17) is 5.11 Å². The highest BCUT2D eigenvalue weighted by Gasteiger charge is 2.10. The van der Waals surface area contributed by atoms with Crippen molar-refractivity contribution in [3.63, 3.8) is 0 Å². The van der Waals surface area contributed by atoms with Crippen molar-refractivity contribution in [1.29, 1.82) is 0 Å². The molecule has 106 valence electrons. The first-order valence-electron chi connectivity index (χ1n) is 6.00. The Morgan fingerprint density at radius 3 is 2.63 bits per heavy atom. The normalized spacial score (nSPS) is 10.7. The topological polar surface area (TPSA) is 66.8 Å². The van der Waals surface area contributed by atoms with Crippen molar-refractivity contribution in [2.45, 2.75) is 35.8 Å². The molecule has 0 heterocycles. The van der Waals surface area contributed by atoms with E-state index >= 15 is 0 Å². The fourth-order valence-corrected chi connectivity index (χ4v) is 2.38. The number of alkyl halides is 2. The van der Waals surface area contributed by atoms with Crippen LogP contribution in [0.4, 0.5) is 4.79 Å². The number of carbonyl (C=O) groups is 1. The van der Waals surface area contributed by atoms with Crippen LogP contribution < -0.4 is 4.74 Å². The summed E-state index contributed by atoms with van der Waals surface area (Å²) in [5, 5.41) is 18.4. The van der Waals surface area contributed by atoms with E-state index in [2.05, 4.69) is 36.6 Å². The summed E-state index contributed by atoms with van der Waals surface area (Å²) in [5.41, 5.74) is 0.716. The minimum atomic E-state index is -1.42. The van der Waals surface area contributed by atoms with Crippen LogP contribution in [0.1, 0.15) is 31.2 Å². The fraction of sp³-hybridized carbons (Fsp3) is 0.462. The SMILES string of the molecule is O=C(O)Oc1cccc(CCCCCC(Br)Br)c1O. The highest BCUT2D eigenvalue weighted by molar-refractivity contribution is 9.24. The number of aromatic hydroxyl groups is 1. The Labute approximate surface area is 129 Å². The van der Waals surface area contributed by atoms with E-state index < -0.39 is 6.16 Å². The minimum absolute atomic E-state index is 0.00835. The molecule has 4 nitrogen and oxygen atoms in total. The van der Waals surface area contributed by atoms with Crippen LogP contribution in [-0.2, 0) is 6.42 Å². The lowest BCUT2D eigenvalue weighted by Gasteiger charge is -2.08. The Morgan fingerprint density at radius 2 is 2.00 bits per heavy atom. The van der Waals surface area contributed by atoms with Crippen molar-refractivity contribution in [3.8, 4) is 11.5 Å². The van der Waals surface area contributed by atoms with Crippen LogP contribution >= 0.6 is 31.9 Å². The van der Waals surface area contributed by atoms with E-state index in [-0.39, 0.29) is 11.5 Å². The molecule has 0 spiro atoms. The van der Waals surface area contributed by atoms with Crippen LogP contribution in [0.25, 0.3) is 0 Å². The van der Waals surface area contributed by atoms with E-state index in [1.807, 2.05) is 0 Å². The number of hydrogen-bond donors (Lipinski definition) is 2. The smallest absolute Gasteiger partial charge is 0.504 e. The summed E-state index contributed by atoms with van der Waals surface area (Å²) in [6.45, 7) is 0. The number of hydrogen-bond acceptors (Lipinski definition) is 3. The molecular weight excluding hydrogens is 380 g/mol. The van der Waals surface area contributed by atoms with Gasteiger partial charge >= 0.3 is 6.16 Å². The zero-order valence-electron chi connectivity index (χ0n) is 10.3. The van der Waals surface area contributed by atoms with Gasteiger partial charge in [0.25, 0.3) is 0 Å². The van der Waals surface area contributed by atoms with Gasteiger partial charge in [-0.1, -0.05) is 56.8 Å². The summed E-state index contributed by atoms with van der Waals surface area (Å²) in [6.07, 6.45) is 3.42. The van der Waals surface area contributed by atoms with Gasteiger partial charge in [-0.3, -0.25) is 0 Å². The standard InChI is InChI=1S/C13H16Br2O4/c14-11(15)8-3-1-2-5-9-6-4-7-10(12(9)16)19-13(17)18/h4,6-7,11,16H,1-3,5,8H2,(H,17,18). The number of aryl methyl sites for hydroxylation is 1. The van der Waals surface area contributed by atoms with Crippen molar-refractivity contribution in [2.75, 3.05) is 0 Å². The Hall–Kier alpha value is -0.750. The molecule has 1 aromatic rings. The number of halogens is 2. The van der Waals surface area contributed by atoms with Gasteiger partial charge in [-0.05, 0) is 30.9 Å². The molecule has 0 amide bonds. The number of benzene rings is 1. The van der Waals surface area contributed by atoms with E-state index in [9.17, 15) is 9.90 Å². The van der Waals surface area contributed by atoms with Gasteiger partial charge in [0, 0.05) is 0 Å². The molecule has 0 bridgehead atoms. The second-order valence-electron chi connectivity index (χ2n) is 4.12. The lowest BCUT2D eigenvalue weighted by Crippen LogP contribution is -2.03. The molecule has 6 heteroatoms. The van der Waals surface area contributed by atoms with Crippen molar-refractivity contribution in [2.24, 2.45) is 0 Å². The molecule has 0 saturated heterocycles. The van der Waals surface area contributed by atoms with Crippen molar-refractivity contribution < 1.29 is 19.7 Å². The summed E-state index contributed by atoms with van der Waals surface area (Å²) in [6, 6.07) is 4.90. The first kappa shape index (κ1) is 16.3. The van der Waals surface area contributed by atoms with Crippen molar-refractivity contribution in [3.05, 3.63) is 23.8 Å². The quantitative estimate of drug-likeness (QED) is 0.304. The number of carboxylic acid groups (broad SMARTS) is 1. The maximum absolute atomic E-state index is 10.5. The van der Waals surface area contributed by atoms with Gasteiger partial charge in [0.15, 0.2) is 11.5 Å². The first-order chi connectivity index (χ1) is 9.00. The van der Waals surface area contributed by atoms with Gasteiger partial charge in [0.2, 0.25) is 0 Å². The highest BCUT2D eigenvalue weighted by Crippen LogP contribution is 2.31. The summed E-state index contributed by atoms with van der Waals surface area (Å²) >= 11 is 6.84. The van der Waals surface area contributed by atoms with E-state index in [1.165, 1.54) is 6.07 Å². The maximum atomic E-state index is 10.5. The molecule has 0 fully saturated rings. The van der Waals surface area contributed by atoms with E-state index in [0.717, 1.165) is 25.7 Å². The summed E-state index contributed by atoms with van der Waals surface area (Å²) in [7, 11) is 0. The third-order valence-electron chi connectivity index (χ3n) is 2.65. The van der Waals surface area contributed by atoms with Crippen molar-refractivity contribution >= 4 is 38.0 Å². The third-order valence-corrected chi connectivity index (χ3v) is 3.56. The van der Waals surface area contributed by atoms with Crippen LogP contribution in [0.15, 0.2) is 18.2 Å². The molecule has 0 unspecified atom stereocenters. The van der Waals surface area contributed by atoms with Gasteiger partial charge in [0.05, 0.1) is 3.74 Å². The largest absolute Gasteiger partial charge is 0.511 e. The fourth-order valence-electron chi connectivity index (χ4n) is 1.74. The second kappa shape index (κ2) is 8.43. The number of phenolic OH excluding ortho intramolecular Hbond substituents is 1. The molecule has 1 rings (SSSR count). The zero-order chi connectivity index (χ0) is 14.3. The van der Waals surface area contributed by atoms with Crippen LogP contribution in [0, 0.1) is 0 Å². The molecule has 0 aliphatic carbocycles. The Balaban J connectivity index is 2.47. The van der Waals surface area contributed by atoms with Crippen LogP contribution in [0.5, 0.6) is 11.5 Å². The van der Waals surface area contributed by atoms with Gasteiger partial charge < -0.3 is 14.9 Å². The van der Waals surface area contributed by atoms with E-state index in [0.29, 0.717) is 15.7 Å². The minimum Gasteiger partial charge on any atom is -0.504 e. The van der Waals surface area contributed by atoms with Gasteiger partial charge in [-0.2, -0.15) is 0 Å². The highest BCUT2D eigenvalue weighted by atomic mass is 79.9. The number of phenols is 1. The second-order valence-corrected chi connectivity index (χ2v) is 7.56. The summed E-state index contributed by atoms with van der Waals surface area (Å²) in [4.78, 5) is 10.5. The predicted molar refractivity (Wildman–Crippen MR) is 80.6 cm³/mol. The van der Waals surface area contributed by atoms with Crippen LogP contribution in [-0.4, -0.2) is 20.1 Å². The molecule has 0 aliphatic rings. The van der Waals surface area contributed by atoms with Gasteiger partial charge in [-0.15, -0.1) is 0 Å². The molecule has 0 radical (unpaired) electrons. The average Bonchev–Trinajstić information content (AvgIpc) is 2.32. The maximum Gasteiger partial charge on any atom is 0.511 e. The van der Waals surface area contributed by atoms with Crippen LogP contribution in [0.2, 0.25) is 0 Å². The first-order valence-corrected chi connectivity index (χ1v) is 7.83. The Bertz CT molecular complexity index is 421. The number of para-hydroxylation sites is 1. The third kappa shape index (κ3) is 6.29. The summed E-state index contributed by atoms with van der Waals surface area (Å²) < 4.78 is 4.85. The number of ether oxygens (including phenoxy) is 1. The van der Waals surface area contributed by atoms with Gasteiger partial charge in [-0.25, -0.2) is 4.79 Å². The Morgan fingerprint density at radius 1 is 1.26 bits per heavy atom. The Kier molecular flexibility index (Phi) is 7.23. The molecular formula is C13H16Br2O4. The lowest BCUT2D eigenvalue weighted by molar-refractivity contribution is 0.143. The van der Waals surface area contributed by atoms with Gasteiger partial charge in [0.1, 0.15) is 0 Å². The van der Waals surface area contributed by atoms with E-state index in [1.54, 1.807) is 12.1 Å². The predicted octanol–water partition coefficient (Wildman–Crippen LogP) is 4.67. The number of unbranched alkanes of at least 4 members (excludes halogenated alkanes) is 2. The van der Waals surface area contributed by atoms with Crippen molar-refractivity contribution in [1.82, 2.24) is 0 Å². The number of rotatable bonds is 7. The molecule has 19 heavy (non-hydrogen) atoms. The average molecular weight is 396 g/mol. The molecule has 0 saturated carbocycles. The molecule has 0 aliphatic heterocycles. The molecule has 1 aromatic carbocycles. The molecule has 0 atom stereocenters. The monoisotopic (exact) mass is 394 g/mol. The zero-order valence-corrected chi connectivity index (χ0v) is 13.5. The lowest BCUT2D eigenvalue weighted by atomic mass is 10.1. The molecule has 0 aromatic heterocycles. The summed E-state index contributed by atoms with van der Waals surface area (Å²) in [5.74, 6) is -0.0882.